The largest absolute Gasteiger partial charge is 0.465 e. The highest BCUT2D eigenvalue weighted by atomic mass is 32.1. The second kappa shape index (κ2) is 8.44. The summed E-state index contributed by atoms with van der Waals surface area (Å²) in [6.07, 6.45) is 3.43. The quantitative estimate of drug-likeness (QED) is 0.540. The van der Waals surface area contributed by atoms with Crippen molar-refractivity contribution in [2.75, 3.05) is 38.2 Å². The number of piperazine rings is 1. The molecule has 0 spiro atoms. The fourth-order valence-electron chi connectivity index (χ4n) is 4.60. The molecular weight excluding hydrogens is 444 g/mol. The zero-order chi connectivity index (χ0) is 22.4. The fraction of sp³-hybridized carbons (Fsp3) is 0.478. The minimum absolute atomic E-state index is 0.0317. The van der Waals surface area contributed by atoms with Gasteiger partial charge in [0.2, 0.25) is 0 Å². The van der Waals surface area contributed by atoms with E-state index in [-0.39, 0.29) is 5.91 Å². The van der Waals surface area contributed by atoms with Crippen LogP contribution in [0.1, 0.15) is 49.0 Å². The minimum Gasteiger partial charge on any atom is -0.465 e. The van der Waals surface area contributed by atoms with Crippen molar-refractivity contribution in [3.05, 3.63) is 38.2 Å². The number of carbonyl (C=O) groups excluding carboxylic acids is 2. The molecule has 32 heavy (non-hydrogen) atoms. The Hall–Kier alpha value is -2.52. The Kier molecular flexibility index (Phi) is 5.63. The number of esters is 1. The predicted molar refractivity (Wildman–Crippen MR) is 127 cm³/mol. The molecule has 7 nitrogen and oxygen atoms in total. The van der Waals surface area contributed by atoms with Crippen molar-refractivity contribution in [3.63, 3.8) is 0 Å². The van der Waals surface area contributed by atoms with E-state index in [9.17, 15) is 9.59 Å². The molecule has 3 aromatic rings. The van der Waals surface area contributed by atoms with Gasteiger partial charge < -0.3 is 14.5 Å². The maximum absolute atomic E-state index is 13.0. The van der Waals surface area contributed by atoms with Crippen LogP contribution in [0, 0.1) is 12.8 Å². The van der Waals surface area contributed by atoms with Gasteiger partial charge in [-0.3, -0.25) is 4.79 Å². The van der Waals surface area contributed by atoms with Gasteiger partial charge >= 0.3 is 5.97 Å². The molecule has 1 amide bonds. The molecule has 4 heterocycles. The maximum Gasteiger partial charge on any atom is 0.348 e. The monoisotopic (exact) mass is 470 g/mol. The summed E-state index contributed by atoms with van der Waals surface area (Å²) in [5, 5.41) is 1.23. The van der Waals surface area contributed by atoms with Crippen molar-refractivity contribution < 1.29 is 14.3 Å². The van der Waals surface area contributed by atoms with E-state index < -0.39 is 5.97 Å². The first-order valence-corrected chi connectivity index (χ1v) is 12.6. The van der Waals surface area contributed by atoms with Crippen LogP contribution >= 0.6 is 22.7 Å². The molecule has 1 aliphatic heterocycles. The number of hydrogen-bond acceptors (Lipinski definition) is 8. The summed E-state index contributed by atoms with van der Waals surface area (Å²) in [6.45, 7) is 6.99. The van der Waals surface area contributed by atoms with Gasteiger partial charge in [-0.2, -0.15) is 0 Å². The lowest BCUT2D eigenvalue weighted by molar-refractivity contribution is 0.0606. The number of nitrogens with zero attached hydrogens (tertiary/aromatic N) is 4. The predicted octanol–water partition coefficient (Wildman–Crippen LogP) is 3.94. The third-order valence-electron chi connectivity index (χ3n) is 6.32. The van der Waals surface area contributed by atoms with Gasteiger partial charge in [-0.1, -0.05) is 6.92 Å². The molecule has 0 aromatic carbocycles. The van der Waals surface area contributed by atoms with Gasteiger partial charge in [0.1, 0.15) is 21.3 Å². The summed E-state index contributed by atoms with van der Waals surface area (Å²) in [6, 6.07) is 3.36. The van der Waals surface area contributed by atoms with Crippen LogP contribution in [0.2, 0.25) is 0 Å². The lowest BCUT2D eigenvalue weighted by Gasteiger charge is -2.35. The lowest BCUT2D eigenvalue weighted by atomic mass is 9.89. The molecule has 1 saturated heterocycles. The summed E-state index contributed by atoms with van der Waals surface area (Å²) in [7, 11) is 1.35. The second-order valence-electron chi connectivity index (χ2n) is 8.56. The molecule has 0 N–H and O–H groups in total. The number of rotatable bonds is 3. The number of aryl methyl sites for hydroxylation is 2. The zero-order valence-corrected chi connectivity index (χ0v) is 20.1. The molecule has 5 rings (SSSR count). The average molecular weight is 471 g/mol. The summed E-state index contributed by atoms with van der Waals surface area (Å²) < 4.78 is 4.75. The third kappa shape index (κ3) is 3.77. The smallest absolute Gasteiger partial charge is 0.348 e. The van der Waals surface area contributed by atoms with E-state index in [4.69, 9.17) is 14.7 Å². The average Bonchev–Trinajstić information content (AvgIpc) is 3.42. The summed E-state index contributed by atoms with van der Waals surface area (Å²) in [5.41, 5.74) is 1.44. The van der Waals surface area contributed by atoms with Crippen molar-refractivity contribution in [2.45, 2.75) is 33.1 Å². The Morgan fingerprint density at radius 1 is 1.09 bits per heavy atom. The van der Waals surface area contributed by atoms with Crippen LogP contribution in [0.4, 0.5) is 5.82 Å². The van der Waals surface area contributed by atoms with Gasteiger partial charge in [0.15, 0.2) is 0 Å². The number of fused-ring (bicyclic) bond motifs is 3. The number of carbonyl (C=O) groups is 2. The molecule has 1 atom stereocenters. The number of anilines is 1. The van der Waals surface area contributed by atoms with Crippen molar-refractivity contribution in [2.24, 2.45) is 5.92 Å². The van der Waals surface area contributed by atoms with Gasteiger partial charge in [-0.15, -0.1) is 22.7 Å². The van der Waals surface area contributed by atoms with Crippen LogP contribution in [0.3, 0.4) is 0 Å². The Labute approximate surface area is 195 Å². The van der Waals surface area contributed by atoms with Gasteiger partial charge in [0.05, 0.1) is 17.4 Å². The van der Waals surface area contributed by atoms with E-state index in [0.29, 0.717) is 22.8 Å². The van der Waals surface area contributed by atoms with E-state index in [1.165, 1.54) is 40.7 Å². The maximum atomic E-state index is 13.0. The molecule has 1 aliphatic carbocycles. The number of hydrogen-bond donors (Lipinski definition) is 0. The van der Waals surface area contributed by atoms with Gasteiger partial charge in [-0.25, -0.2) is 14.8 Å². The van der Waals surface area contributed by atoms with E-state index in [1.54, 1.807) is 12.1 Å². The van der Waals surface area contributed by atoms with Crippen molar-refractivity contribution in [1.82, 2.24) is 14.9 Å². The molecule has 1 fully saturated rings. The highest BCUT2D eigenvalue weighted by Gasteiger charge is 2.29. The summed E-state index contributed by atoms with van der Waals surface area (Å²) in [4.78, 5) is 42.0. The number of aromatic nitrogens is 2. The molecular formula is C23H26N4O3S2. The zero-order valence-electron chi connectivity index (χ0n) is 18.5. The second-order valence-corrected chi connectivity index (χ2v) is 10.7. The van der Waals surface area contributed by atoms with Crippen LogP contribution in [-0.2, 0) is 17.6 Å². The highest BCUT2D eigenvalue weighted by Crippen LogP contribution is 2.41. The summed E-state index contributed by atoms with van der Waals surface area (Å²) in [5.74, 6) is 2.10. The van der Waals surface area contributed by atoms with Crippen molar-refractivity contribution in [3.8, 4) is 0 Å². The Morgan fingerprint density at radius 3 is 2.59 bits per heavy atom. The molecule has 0 saturated carbocycles. The SMILES string of the molecule is COC(=O)c1ccc(C(=O)N2CCN(c3nc(C)nc4sc5c(c34)CCC(C)C5)CC2)s1. The fourth-order valence-corrected chi connectivity index (χ4v) is 6.91. The van der Waals surface area contributed by atoms with E-state index >= 15 is 0 Å². The van der Waals surface area contributed by atoms with Gasteiger partial charge in [0, 0.05) is 31.1 Å². The first-order chi connectivity index (χ1) is 15.4. The van der Waals surface area contributed by atoms with Gasteiger partial charge in [-0.05, 0) is 49.8 Å². The molecule has 9 heteroatoms. The van der Waals surface area contributed by atoms with Crippen LogP contribution < -0.4 is 4.90 Å². The van der Waals surface area contributed by atoms with E-state index in [2.05, 4.69) is 11.8 Å². The lowest BCUT2D eigenvalue weighted by Crippen LogP contribution is -2.49. The van der Waals surface area contributed by atoms with Crippen LogP contribution in [-0.4, -0.2) is 60.0 Å². The molecule has 168 valence electrons. The molecule has 2 aliphatic rings. The number of methoxy groups -OCH3 is 1. The normalized spacial score (nSPS) is 18.7. The van der Waals surface area contributed by atoms with E-state index in [0.717, 1.165) is 48.3 Å². The number of amides is 1. The molecule has 0 bridgehead atoms. The van der Waals surface area contributed by atoms with Crippen molar-refractivity contribution in [1.29, 1.82) is 0 Å². The van der Waals surface area contributed by atoms with Crippen LogP contribution in [0.15, 0.2) is 12.1 Å². The highest BCUT2D eigenvalue weighted by molar-refractivity contribution is 7.19. The van der Waals surface area contributed by atoms with Crippen LogP contribution in [0.5, 0.6) is 0 Å². The third-order valence-corrected chi connectivity index (χ3v) is 8.52. The van der Waals surface area contributed by atoms with Crippen LogP contribution in [0.25, 0.3) is 10.2 Å². The molecule has 3 aromatic heterocycles. The number of ether oxygens (including phenoxy) is 1. The Bertz CT molecular complexity index is 1190. The minimum atomic E-state index is -0.407. The first kappa shape index (κ1) is 21.3. The topological polar surface area (TPSA) is 75.6 Å². The Morgan fingerprint density at radius 2 is 1.84 bits per heavy atom. The Balaban J connectivity index is 1.36. The standard InChI is InChI=1S/C23H26N4O3S2/c1-13-4-5-15-18(12-13)32-21-19(15)20(24-14(2)25-21)26-8-10-27(11-9-26)22(28)16-6-7-17(31-16)23(29)30-3/h6-7,13H,4-5,8-12H2,1-3H3. The number of thiophene rings is 2. The first-order valence-electron chi connectivity index (χ1n) is 11.0. The molecule has 0 radical (unpaired) electrons. The van der Waals surface area contributed by atoms with Gasteiger partial charge in [0.25, 0.3) is 5.91 Å². The summed E-state index contributed by atoms with van der Waals surface area (Å²) >= 11 is 3.01. The van der Waals surface area contributed by atoms with Crippen molar-refractivity contribution >= 4 is 50.6 Å². The molecule has 1 unspecified atom stereocenters. The van der Waals surface area contributed by atoms with E-state index in [1.807, 2.05) is 23.2 Å².